The summed E-state index contributed by atoms with van der Waals surface area (Å²) in [5.74, 6) is -4.27. The van der Waals surface area contributed by atoms with E-state index in [2.05, 4.69) is 0 Å². The van der Waals surface area contributed by atoms with Crippen molar-refractivity contribution in [2.24, 2.45) is 0 Å². The van der Waals surface area contributed by atoms with E-state index in [1.807, 2.05) is 0 Å². The second-order valence-electron chi connectivity index (χ2n) is 6.60. The van der Waals surface area contributed by atoms with Gasteiger partial charge in [-0.3, -0.25) is 4.79 Å². The molecule has 2 aromatic rings. The van der Waals surface area contributed by atoms with E-state index in [-0.39, 0.29) is 18.1 Å². The number of esters is 1. The van der Waals surface area contributed by atoms with Crippen molar-refractivity contribution in [3.63, 3.8) is 0 Å². The second-order valence-corrected chi connectivity index (χ2v) is 8.52. The second kappa shape index (κ2) is 8.69. The Labute approximate surface area is 167 Å². The lowest BCUT2D eigenvalue weighted by atomic mass is 10.1. The summed E-state index contributed by atoms with van der Waals surface area (Å²) < 4.78 is 53.0. The van der Waals surface area contributed by atoms with Gasteiger partial charge >= 0.3 is 11.7 Å². The van der Waals surface area contributed by atoms with Gasteiger partial charge in [0.15, 0.2) is 0 Å². The molecule has 0 atom stereocenters. The predicted octanol–water partition coefficient (Wildman–Crippen LogP) is 3.28. The van der Waals surface area contributed by atoms with Gasteiger partial charge in [-0.1, -0.05) is 12.1 Å². The van der Waals surface area contributed by atoms with E-state index in [0.717, 1.165) is 50.2 Å². The van der Waals surface area contributed by atoms with E-state index in [9.17, 15) is 26.8 Å². The zero-order valence-corrected chi connectivity index (χ0v) is 16.2. The lowest BCUT2D eigenvalue weighted by Gasteiger charge is -2.15. The molecule has 0 saturated carbocycles. The minimum absolute atomic E-state index is 0.0233. The maximum Gasteiger partial charge on any atom is 0.341 e. The number of alkyl halides is 2. The van der Waals surface area contributed by atoms with Crippen molar-refractivity contribution in [3.8, 4) is 0 Å². The summed E-state index contributed by atoms with van der Waals surface area (Å²) in [6, 6.07) is 10.9. The van der Waals surface area contributed by atoms with E-state index >= 15 is 0 Å². The van der Waals surface area contributed by atoms with Crippen LogP contribution in [-0.4, -0.2) is 44.0 Å². The summed E-state index contributed by atoms with van der Waals surface area (Å²) in [5, 5.41) is 0. The third-order valence-corrected chi connectivity index (χ3v) is 6.02. The summed E-state index contributed by atoms with van der Waals surface area (Å²) in [6.45, 7) is 1.47. The largest absolute Gasteiger partial charge is 0.457 e. The van der Waals surface area contributed by atoms with Gasteiger partial charge in [0.25, 0.3) is 5.91 Å². The Balaban J connectivity index is 1.58. The Kier molecular flexibility index (Phi) is 6.26. The molecule has 29 heavy (non-hydrogen) atoms. The molecule has 0 unspecified atom stereocenters. The van der Waals surface area contributed by atoms with Crippen LogP contribution in [0.25, 0.3) is 0 Å². The molecule has 1 fully saturated rings. The SMILES string of the molecule is O=C(OCc1ccc(C(=O)N2CCCC2)cc1)c1ccc(S(=O)(=O)C(F)F)cc1. The van der Waals surface area contributed by atoms with Crippen molar-refractivity contribution in [1.82, 2.24) is 4.90 Å². The fraction of sp³-hybridized carbons (Fsp3) is 0.300. The highest BCUT2D eigenvalue weighted by Crippen LogP contribution is 2.19. The van der Waals surface area contributed by atoms with E-state index in [1.165, 1.54) is 0 Å². The lowest BCUT2D eigenvalue weighted by Crippen LogP contribution is -2.27. The van der Waals surface area contributed by atoms with Gasteiger partial charge in [0.2, 0.25) is 9.84 Å². The van der Waals surface area contributed by atoms with Crippen LogP contribution in [0.2, 0.25) is 0 Å². The molecule has 0 spiro atoms. The number of carbonyl (C=O) groups excluding carboxylic acids is 2. The van der Waals surface area contributed by atoms with Crippen LogP contribution in [0, 0.1) is 0 Å². The number of halogens is 2. The molecule has 0 bridgehead atoms. The molecule has 0 aromatic heterocycles. The van der Waals surface area contributed by atoms with Gasteiger partial charge in [-0.15, -0.1) is 0 Å². The molecule has 1 aliphatic rings. The predicted molar refractivity (Wildman–Crippen MR) is 100 cm³/mol. The molecule has 1 aliphatic heterocycles. The van der Waals surface area contributed by atoms with E-state index in [4.69, 9.17) is 4.74 Å². The third-order valence-electron chi connectivity index (χ3n) is 4.62. The Morgan fingerprint density at radius 3 is 2.03 bits per heavy atom. The van der Waals surface area contributed by atoms with Crippen LogP contribution < -0.4 is 0 Å². The normalized spacial score (nSPS) is 14.2. The molecule has 0 aliphatic carbocycles. The molecule has 0 N–H and O–H groups in total. The van der Waals surface area contributed by atoms with Gasteiger partial charge in [-0.05, 0) is 54.8 Å². The van der Waals surface area contributed by atoms with Gasteiger partial charge in [-0.25, -0.2) is 13.2 Å². The van der Waals surface area contributed by atoms with Crippen LogP contribution in [0.1, 0.15) is 39.1 Å². The Morgan fingerprint density at radius 2 is 1.48 bits per heavy atom. The highest BCUT2D eigenvalue weighted by atomic mass is 32.2. The average Bonchev–Trinajstić information content (AvgIpc) is 3.26. The molecule has 1 saturated heterocycles. The monoisotopic (exact) mass is 423 g/mol. The molecule has 3 rings (SSSR count). The number of ether oxygens (including phenoxy) is 1. The van der Waals surface area contributed by atoms with Crippen LogP contribution in [0.5, 0.6) is 0 Å². The Morgan fingerprint density at radius 1 is 0.931 bits per heavy atom. The Hall–Kier alpha value is -2.81. The van der Waals surface area contributed by atoms with Crippen molar-refractivity contribution in [1.29, 1.82) is 0 Å². The molecule has 2 aromatic carbocycles. The maximum atomic E-state index is 12.5. The van der Waals surface area contributed by atoms with Crippen LogP contribution in [0.4, 0.5) is 8.78 Å². The van der Waals surface area contributed by atoms with E-state index in [1.54, 1.807) is 29.2 Å². The zero-order valence-electron chi connectivity index (χ0n) is 15.4. The number of hydrogen-bond acceptors (Lipinski definition) is 5. The van der Waals surface area contributed by atoms with Crippen LogP contribution >= 0.6 is 0 Å². The molecule has 154 valence electrons. The molecule has 1 heterocycles. The van der Waals surface area contributed by atoms with Gasteiger partial charge in [0, 0.05) is 18.7 Å². The first-order valence-corrected chi connectivity index (χ1v) is 10.5. The molecule has 1 amide bonds. The summed E-state index contributed by atoms with van der Waals surface area (Å²) in [4.78, 5) is 25.6. The first-order valence-electron chi connectivity index (χ1n) is 8.96. The van der Waals surface area contributed by atoms with Gasteiger partial charge in [-0.2, -0.15) is 8.78 Å². The standard InChI is InChI=1S/C20H19F2NO5S/c21-20(22)29(26,27)17-9-7-16(8-10-17)19(25)28-13-14-3-5-15(6-4-14)18(24)23-11-1-2-12-23/h3-10,20H,1-2,11-13H2. The minimum atomic E-state index is -4.71. The van der Waals surface area contributed by atoms with Crippen LogP contribution in [0.3, 0.4) is 0 Å². The van der Waals surface area contributed by atoms with Crippen LogP contribution in [-0.2, 0) is 21.2 Å². The van der Waals surface area contributed by atoms with E-state index < -0.39 is 26.5 Å². The topological polar surface area (TPSA) is 80.8 Å². The fourth-order valence-corrected chi connectivity index (χ4v) is 3.68. The van der Waals surface area contributed by atoms with Crippen molar-refractivity contribution >= 4 is 21.7 Å². The van der Waals surface area contributed by atoms with Gasteiger partial charge in [0.05, 0.1) is 10.5 Å². The van der Waals surface area contributed by atoms with Crippen molar-refractivity contribution in [2.45, 2.75) is 30.1 Å². The number of amides is 1. The first kappa shape index (κ1) is 20.9. The quantitative estimate of drug-likeness (QED) is 0.666. The van der Waals surface area contributed by atoms with Gasteiger partial charge in [0.1, 0.15) is 6.61 Å². The smallest absolute Gasteiger partial charge is 0.341 e. The summed E-state index contributed by atoms with van der Waals surface area (Å²) >= 11 is 0. The molecule has 0 radical (unpaired) electrons. The number of likely N-dealkylation sites (tertiary alicyclic amines) is 1. The molecule has 6 nitrogen and oxygen atoms in total. The zero-order chi connectivity index (χ0) is 21.0. The first-order chi connectivity index (χ1) is 13.8. The summed E-state index contributed by atoms with van der Waals surface area (Å²) in [6.07, 6.45) is 2.02. The number of nitrogens with zero attached hydrogens (tertiary/aromatic N) is 1. The minimum Gasteiger partial charge on any atom is -0.457 e. The van der Waals surface area contributed by atoms with E-state index in [0.29, 0.717) is 11.1 Å². The lowest BCUT2D eigenvalue weighted by molar-refractivity contribution is 0.0472. The number of hydrogen-bond donors (Lipinski definition) is 0. The van der Waals surface area contributed by atoms with Crippen molar-refractivity contribution in [3.05, 3.63) is 65.2 Å². The third kappa shape index (κ3) is 4.79. The number of rotatable bonds is 6. The molecule has 9 heteroatoms. The molecular weight excluding hydrogens is 404 g/mol. The maximum absolute atomic E-state index is 12.5. The molecular formula is C20H19F2NO5S. The number of benzene rings is 2. The number of sulfone groups is 1. The summed E-state index contributed by atoms with van der Waals surface area (Å²) in [7, 11) is -4.71. The van der Waals surface area contributed by atoms with Crippen molar-refractivity contribution < 1.29 is 31.5 Å². The van der Waals surface area contributed by atoms with Crippen molar-refractivity contribution in [2.75, 3.05) is 13.1 Å². The fourth-order valence-electron chi connectivity index (χ4n) is 2.96. The average molecular weight is 423 g/mol. The Bertz CT molecular complexity index is 983. The van der Waals surface area contributed by atoms with Crippen LogP contribution in [0.15, 0.2) is 53.4 Å². The highest BCUT2D eigenvalue weighted by molar-refractivity contribution is 7.91. The van der Waals surface area contributed by atoms with Gasteiger partial charge < -0.3 is 9.64 Å². The number of carbonyl (C=O) groups is 2. The summed E-state index contributed by atoms with van der Waals surface area (Å²) in [5.41, 5.74) is 1.28. The highest BCUT2D eigenvalue weighted by Gasteiger charge is 2.26.